The smallest absolute Gasteiger partial charge is 0.0577 e. The molecular formula is C25H39NO. The Morgan fingerprint density at radius 1 is 1.04 bits per heavy atom. The summed E-state index contributed by atoms with van der Waals surface area (Å²) in [5, 5.41) is 14.1. The first-order valence-electron chi connectivity index (χ1n) is 11.8. The first kappa shape index (κ1) is 18.4. The average Bonchev–Trinajstić information content (AvgIpc) is 3.01. The normalized spacial score (nSPS) is 52.3. The van der Waals surface area contributed by atoms with Crippen LogP contribution >= 0.6 is 0 Å². The molecule has 5 aliphatic rings. The van der Waals surface area contributed by atoms with Gasteiger partial charge in [-0.05, 0) is 92.4 Å². The van der Waals surface area contributed by atoms with Crippen LogP contribution in [-0.4, -0.2) is 23.8 Å². The summed E-state index contributed by atoms with van der Waals surface area (Å²) in [4.78, 5) is 0. The topological polar surface area (TPSA) is 32.3 Å². The van der Waals surface area contributed by atoms with Crippen LogP contribution in [0.25, 0.3) is 0 Å². The molecule has 1 saturated heterocycles. The summed E-state index contributed by atoms with van der Waals surface area (Å²) in [6.45, 7) is 8.84. The van der Waals surface area contributed by atoms with Gasteiger partial charge in [0.25, 0.3) is 0 Å². The molecule has 3 unspecified atom stereocenters. The predicted molar refractivity (Wildman–Crippen MR) is 111 cm³/mol. The van der Waals surface area contributed by atoms with E-state index in [1.807, 2.05) is 0 Å². The monoisotopic (exact) mass is 369 g/mol. The highest BCUT2D eigenvalue weighted by Gasteiger charge is 2.58. The van der Waals surface area contributed by atoms with E-state index in [1.54, 1.807) is 11.1 Å². The molecule has 5 rings (SSSR count). The zero-order chi connectivity index (χ0) is 18.8. The van der Waals surface area contributed by atoms with E-state index in [1.165, 1.54) is 51.5 Å². The molecule has 0 bridgehead atoms. The van der Waals surface area contributed by atoms with Gasteiger partial charge in [-0.3, -0.25) is 0 Å². The maximum absolute atomic E-state index is 10.3. The van der Waals surface area contributed by atoms with Crippen LogP contribution in [0.4, 0.5) is 0 Å². The molecule has 0 spiro atoms. The summed E-state index contributed by atoms with van der Waals surface area (Å²) in [7, 11) is 0. The van der Waals surface area contributed by atoms with E-state index in [-0.39, 0.29) is 6.10 Å². The molecule has 2 saturated carbocycles. The number of fused-ring (bicyclic) bond motifs is 5. The lowest BCUT2D eigenvalue weighted by Crippen LogP contribution is -2.53. The Balaban J connectivity index is 1.46. The van der Waals surface area contributed by atoms with Gasteiger partial charge in [0.1, 0.15) is 0 Å². The molecule has 150 valence electrons. The minimum absolute atomic E-state index is 0.0981. The number of piperidine rings is 1. The molecule has 1 aliphatic heterocycles. The van der Waals surface area contributed by atoms with Gasteiger partial charge in [-0.1, -0.05) is 50.5 Å². The molecule has 0 aromatic carbocycles. The number of aliphatic hydroxyl groups is 1. The van der Waals surface area contributed by atoms with Crippen molar-refractivity contribution < 1.29 is 5.11 Å². The van der Waals surface area contributed by atoms with Crippen molar-refractivity contribution in [1.82, 2.24) is 5.32 Å². The standard InChI is InChI=1S/C25H39NO/c1-16-14-17-15-18(27)9-11-24(17,2)21-10-12-25(3)19(7-8-20(25)23(16)21)22-6-4-5-13-26-22/h7,14,16,18,20-23,26-27H,4-6,8-13,15H2,1-3H3/t16?,18?,20-,21+,22?,23-,24-,25+/m0/s1. The number of rotatable bonds is 1. The van der Waals surface area contributed by atoms with E-state index in [0.29, 0.717) is 22.8 Å². The lowest BCUT2D eigenvalue weighted by atomic mass is 9.45. The Bertz CT molecular complexity index is 659. The van der Waals surface area contributed by atoms with Crippen LogP contribution in [0.1, 0.15) is 78.6 Å². The number of nitrogens with one attached hydrogen (secondary N) is 1. The summed E-state index contributed by atoms with van der Waals surface area (Å²) >= 11 is 0. The molecule has 2 N–H and O–H groups in total. The van der Waals surface area contributed by atoms with Crippen LogP contribution in [-0.2, 0) is 0 Å². The van der Waals surface area contributed by atoms with E-state index < -0.39 is 0 Å². The number of allylic oxidation sites excluding steroid dienone is 2. The Morgan fingerprint density at radius 3 is 2.63 bits per heavy atom. The van der Waals surface area contributed by atoms with Gasteiger partial charge >= 0.3 is 0 Å². The third-order valence-electron chi connectivity index (χ3n) is 9.73. The second kappa shape index (κ2) is 6.46. The van der Waals surface area contributed by atoms with Gasteiger partial charge in [0.05, 0.1) is 6.10 Å². The average molecular weight is 370 g/mol. The maximum atomic E-state index is 10.3. The van der Waals surface area contributed by atoms with Crippen molar-refractivity contribution in [2.75, 3.05) is 6.54 Å². The van der Waals surface area contributed by atoms with E-state index in [2.05, 4.69) is 38.2 Å². The highest BCUT2D eigenvalue weighted by Crippen LogP contribution is 2.66. The molecule has 2 heteroatoms. The number of aliphatic hydroxyl groups excluding tert-OH is 1. The maximum Gasteiger partial charge on any atom is 0.0577 e. The van der Waals surface area contributed by atoms with Gasteiger partial charge in [-0.15, -0.1) is 0 Å². The molecule has 27 heavy (non-hydrogen) atoms. The summed E-state index contributed by atoms with van der Waals surface area (Å²) in [6, 6.07) is 0.649. The zero-order valence-electron chi connectivity index (χ0n) is 17.6. The Morgan fingerprint density at radius 2 is 1.85 bits per heavy atom. The lowest BCUT2D eigenvalue weighted by molar-refractivity contribution is -0.0495. The summed E-state index contributed by atoms with van der Waals surface area (Å²) in [5.74, 6) is 3.14. The lowest BCUT2D eigenvalue weighted by Gasteiger charge is -2.60. The Kier molecular flexibility index (Phi) is 4.41. The fourth-order valence-electron chi connectivity index (χ4n) is 8.26. The SMILES string of the molecule is CC1C=C2CC(O)CC[C@]2(C)[C@@H]2CC[C@]3(C)C(C4CCCCN4)=CC[C@H]3[C@H]12. The van der Waals surface area contributed by atoms with Crippen LogP contribution in [0.15, 0.2) is 23.3 Å². The Labute approximate surface area is 165 Å². The second-order valence-corrected chi connectivity index (χ2v) is 11.0. The van der Waals surface area contributed by atoms with E-state index >= 15 is 0 Å². The van der Waals surface area contributed by atoms with E-state index in [9.17, 15) is 5.11 Å². The third-order valence-corrected chi connectivity index (χ3v) is 9.73. The fourth-order valence-corrected chi connectivity index (χ4v) is 8.26. The first-order chi connectivity index (χ1) is 12.9. The van der Waals surface area contributed by atoms with Gasteiger partial charge < -0.3 is 10.4 Å². The number of hydrogen-bond donors (Lipinski definition) is 2. The fraction of sp³-hybridized carbons (Fsp3) is 0.840. The molecule has 1 heterocycles. The van der Waals surface area contributed by atoms with Gasteiger partial charge in [-0.2, -0.15) is 0 Å². The van der Waals surface area contributed by atoms with Crippen LogP contribution in [0.5, 0.6) is 0 Å². The third kappa shape index (κ3) is 2.65. The molecule has 0 amide bonds. The molecule has 4 aliphatic carbocycles. The van der Waals surface area contributed by atoms with Crippen molar-refractivity contribution in [2.45, 2.75) is 90.7 Å². The van der Waals surface area contributed by atoms with Crippen molar-refractivity contribution in [3.05, 3.63) is 23.3 Å². The minimum atomic E-state index is -0.0981. The van der Waals surface area contributed by atoms with Gasteiger partial charge in [0.15, 0.2) is 0 Å². The Hall–Kier alpha value is -0.600. The highest BCUT2D eigenvalue weighted by atomic mass is 16.3. The van der Waals surface area contributed by atoms with Gasteiger partial charge in [-0.25, -0.2) is 0 Å². The van der Waals surface area contributed by atoms with Gasteiger partial charge in [0.2, 0.25) is 0 Å². The van der Waals surface area contributed by atoms with E-state index in [4.69, 9.17) is 0 Å². The van der Waals surface area contributed by atoms with Crippen molar-refractivity contribution in [3.8, 4) is 0 Å². The van der Waals surface area contributed by atoms with Crippen LogP contribution in [0, 0.1) is 34.5 Å². The zero-order valence-corrected chi connectivity index (χ0v) is 17.6. The molecular weight excluding hydrogens is 330 g/mol. The van der Waals surface area contributed by atoms with Crippen LogP contribution in [0.2, 0.25) is 0 Å². The van der Waals surface area contributed by atoms with Crippen molar-refractivity contribution >= 4 is 0 Å². The van der Waals surface area contributed by atoms with Crippen LogP contribution < -0.4 is 5.32 Å². The number of hydrogen-bond acceptors (Lipinski definition) is 2. The molecule has 8 atom stereocenters. The largest absolute Gasteiger partial charge is 0.393 e. The molecule has 0 aromatic rings. The minimum Gasteiger partial charge on any atom is -0.393 e. The first-order valence-corrected chi connectivity index (χ1v) is 11.8. The van der Waals surface area contributed by atoms with Crippen molar-refractivity contribution in [3.63, 3.8) is 0 Å². The highest BCUT2D eigenvalue weighted by molar-refractivity contribution is 5.33. The quantitative estimate of drug-likeness (QED) is 0.620. The molecule has 0 aromatic heterocycles. The van der Waals surface area contributed by atoms with Gasteiger partial charge in [0, 0.05) is 6.04 Å². The molecule has 2 nitrogen and oxygen atoms in total. The summed E-state index contributed by atoms with van der Waals surface area (Å²) < 4.78 is 0. The van der Waals surface area contributed by atoms with Crippen molar-refractivity contribution in [1.29, 1.82) is 0 Å². The predicted octanol–water partition coefficient (Wildman–Crippen LogP) is 5.23. The molecule has 3 fully saturated rings. The van der Waals surface area contributed by atoms with Crippen molar-refractivity contribution in [2.24, 2.45) is 34.5 Å². The summed E-state index contributed by atoms with van der Waals surface area (Å²) in [6.07, 6.45) is 16.5. The summed E-state index contributed by atoms with van der Waals surface area (Å²) in [5.41, 5.74) is 4.14. The van der Waals surface area contributed by atoms with Crippen LogP contribution in [0.3, 0.4) is 0 Å². The molecule has 0 radical (unpaired) electrons. The van der Waals surface area contributed by atoms with E-state index in [0.717, 1.165) is 30.6 Å². The second-order valence-electron chi connectivity index (χ2n) is 11.0.